The van der Waals surface area contributed by atoms with Crippen molar-refractivity contribution >= 4 is 17.7 Å². The van der Waals surface area contributed by atoms with Crippen LogP contribution in [0, 0.1) is 5.82 Å². The van der Waals surface area contributed by atoms with Crippen molar-refractivity contribution in [2.24, 2.45) is 0 Å². The normalized spacial score (nSPS) is 11.5. The zero-order valence-electron chi connectivity index (χ0n) is 17.0. The smallest absolute Gasteiger partial charge is 0.319 e. The first-order valence-corrected chi connectivity index (χ1v) is 9.45. The van der Waals surface area contributed by atoms with Crippen LogP contribution >= 0.6 is 0 Å². The van der Waals surface area contributed by atoms with Crippen molar-refractivity contribution in [3.8, 4) is 0 Å². The summed E-state index contributed by atoms with van der Waals surface area (Å²) in [4.78, 5) is 24.0. The van der Waals surface area contributed by atoms with Gasteiger partial charge in [0.1, 0.15) is 5.82 Å². The van der Waals surface area contributed by atoms with E-state index in [9.17, 15) is 18.4 Å². The fourth-order valence-corrected chi connectivity index (χ4v) is 2.46. The van der Waals surface area contributed by atoms with Gasteiger partial charge in [0, 0.05) is 24.5 Å². The maximum absolute atomic E-state index is 12.9. The molecule has 0 atom stereocenters. The van der Waals surface area contributed by atoms with Gasteiger partial charge in [-0.3, -0.25) is 0 Å². The quantitative estimate of drug-likeness (QED) is 0.453. The first kappa shape index (κ1) is 23.3. The van der Waals surface area contributed by atoms with Crippen LogP contribution in [0.1, 0.15) is 18.1 Å². The highest BCUT2D eigenvalue weighted by molar-refractivity contribution is 5.89. The predicted octanol–water partition coefficient (Wildman–Crippen LogP) is 4.89. The molecule has 0 aromatic heterocycles. The monoisotopic (exact) mass is 426 g/mol. The molecule has 0 unspecified atom stereocenters. The summed E-state index contributed by atoms with van der Waals surface area (Å²) in [5.74, 6) is -0.771. The van der Waals surface area contributed by atoms with Crippen molar-refractivity contribution in [2.75, 3.05) is 5.32 Å². The van der Waals surface area contributed by atoms with Gasteiger partial charge in [0.25, 0.3) is 0 Å². The molecule has 0 bridgehead atoms. The minimum atomic E-state index is -0.460. The van der Waals surface area contributed by atoms with Gasteiger partial charge in [0.2, 0.25) is 0 Å². The lowest BCUT2D eigenvalue weighted by Crippen LogP contribution is -2.34. The van der Waals surface area contributed by atoms with Crippen LogP contribution < -0.4 is 21.3 Å². The zero-order chi connectivity index (χ0) is 22.6. The number of carbonyl (C=O) groups is 2. The molecule has 4 N–H and O–H groups in total. The van der Waals surface area contributed by atoms with E-state index in [4.69, 9.17) is 0 Å². The van der Waals surface area contributed by atoms with Crippen molar-refractivity contribution in [3.63, 3.8) is 0 Å². The molecule has 0 fully saturated rings. The number of carbonyl (C=O) groups excluding carboxylic acids is 2. The van der Waals surface area contributed by atoms with Crippen LogP contribution in [0.15, 0.2) is 84.9 Å². The van der Waals surface area contributed by atoms with E-state index in [2.05, 4.69) is 27.8 Å². The van der Waals surface area contributed by atoms with Crippen LogP contribution in [-0.2, 0) is 13.1 Å². The third kappa shape index (κ3) is 8.95. The SMILES string of the molecule is C=C/C(=C\C=C(/C)F)NC(=O)NCc1cccc(CNC(=O)Nc2ccc(F)cc2)c1. The molecule has 2 rings (SSSR count). The van der Waals surface area contributed by atoms with Gasteiger partial charge < -0.3 is 21.3 Å². The fraction of sp³-hybridized carbons (Fsp3) is 0.130. The molecule has 6 nitrogen and oxygen atoms in total. The van der Waals surface area contributed by atoms with Crippen LogP contribution in [0.5, 0.6) is 0 Å². The third-order valence-corrected chi connectivity index (χ3v) is 3.97. The lowest BCUT2D eigenvalue weighted by Gasteiger charge is -2.10. The van der Waals surface area contributed by atoms with Crippen LogP contribution in [-0.4, -0.2) is 12.1 Å². The van der Waals surface area contributed by atoms with Crippen molar-refractivity contribution in [1.82, 2.24) is 16.0 Å². The lowest BCUT2D eigenvalue weighted by molar-refractivity contribution is 0.243. The Hall–Kier alpha value is -3.94. The molecule has 0 heterocycles. The minimum absolute atomic E-state index is 0.254. The average molecular weight is 426 g/mol. The maximum atomic E-state index is 12.9. The predicted molar refractivity (Wildman–Crippen MR) is 117 cm³/mol. The number of hydrogen-bond donors (Lipinski definition) is 4. The number of hydrogen-bond acceptors (Lipinski definition) is 2. The van der Waals surface area contributed by atoms with Crippen molar-refractivity contribution in [3.05, 3.63) is 102 Å². The molecule has 0 radical (unpaired) electrons. The van der Waals surface area contributed by atoms with Crippen molar-refractivity contribution < 1.29 is 18.4 Å². The van der Waals surface area contributed by atoms with Crippen LogP contribution in [0.4, 0.5) is 24.1 Å². The second-order valence-electron chi connectivity index (χ2n) is 6.52. The van der Waals surface area contributed by atoms with E-state index < -0.39 is 17.9 Å². The summed E-state index contributed by atoms with van der Waals surface area (Å²) < 4.78 is 25.7. The molecule has 0 aliphatic heterocycles. The molecule has 0 saturated heterocycles. The number of halogens is 2. The van der Waals surface area contributed by atoms with Crippen LogP contribution in [0.2, 0.25) is 0 Å². The Labute approximate surface area is 179 Å². The zero-order valence-corrected chi connectivity index (χ0v) is 17.0. The van der Waals surface area contributed by atoms with E-state index in [0.29, 0.717) is 11.4 Å². The molecule has 162 valence electrons. The highest BCUT2D eigenvalue weighted by Crippen LogP contribution is 2.09. The second-order valence-corrected chi connectivity index (χ2v) is 6.52. The Balaban J connectivity index is 1.83. The Morgan fingerprint density at radius 3 is 2.16 bits per heavy atom. The van der Waals surface area contributed by atoms with Gasteiger partial charge in [-0.15, -0.1) is 0 Å². The van der Waals surface area contributed by atoms with Gasteiger partial charge in [-0.25, -0.2) is 18.4 Å². The van der Waals surface area contributed by atoms with E-state index in [-0.39, 0.29) is 18.9 Å². The number of rotatable bonds is 8. The topological polar surface area (TPSA) is 82.3 Å². The molecule has 0 aliphatic carbocycles. The average Bonchev–Trinajstić information content (AvgIpc) is 2.75. The number of nitrogens with one attached hydrogen (secondary N) is 4. The minimum Gasteiger partial charge on any atom is -0.334 e. The van der Waals surface area contributed by atoms with Crippen LogP contribution in [0.25, 0.3) is 0 Å². The molecule has 31 heavy (non-hydrogen) atoms. The van der Waals surface area contributed by atoms with Gasteiger partial charge in [0.05, 0.1) is 5.83 Å². The Morgan fingerprint density at radius 1 is 0.968 bits per heavy atom. The van der Waals surface area contributed by atoms with Crippen LogP contribution in [0.3, 0.4) is 0 Å². The summed E-state index contributed by atoms with van der Waals surface area (Å²) in [5, 5.41) is 10.6. The first-order valence-electron chi connectivity index (χ1n) is 9.45. The first-order chi connectivity index (χ1) is 14.9. The second kappa shape index (κ2) is 11.9. The van der Waals surface area contributed by atoms with E-state index in [1.807, 2.05) is 24.3 Å². The molecule has 0 aliphatic rings. The summed E-state index contributed by atoms with van der Waals surface area (Å²) in [6.07, 6.45) is 4.04. The van der Waals surface area contributed by atoms with Crippen molar-refractivity contribution in [1.29, 1.82) is 0 Å². The molecule has 4 amide bonds. The number of amides is 4. The molecule has 8 heteroatoms. The number of urea groups is 2. The van der Waals surface area contributed by atoms with E-state index in [0.717, 1.165) is 11.1 Å². The van der Waals surface area contributed by atoms with Gasteiger partial charge in [0.15, 0.2) is 0 Å². The number of benzene rings is 2. The summed E-state index contributed by atoms with van der Waals surface area (Å²) in [5.41, 5.74) is 2.51. The molecule has 2 aromatic carbocycles. The van der Waals surface area contributed by atoms with Gasteiger partial charge >= 0.3 is 12.1 Å². The molecule has 0 saturated carbocycles. The van der Waals surface area contributed by atoms with Gasteiger partial charge in [-0.05, 0) is 60.5 Å². The molecule has 0 spiro atoms. The highest BCUT2D eigenvalue weighted by Gasteiger charge is 2.05. The van der Waals surface area contributed by atoms with Gasteiger partial charge in [-0.1, -0.05) is 30.8 Å². The molecular formula is C23H24F2N4O2. The summed E-state index contributed by atoms with van der Waals surface area (Å²) in [7, 11) is 0. The van der Waals surface area contributed by atoms with E-state index >= 15 is 0 Å². The van der Waals surface area contributed by atoms with Gasteiger partial charge in [-0.2, -0.15) is 0 Å². The Bertz CT molecular complexity index is 981. The van der Waals surface area contributed by atoms with Crippen molar-refractivity contribution in [2.45, 2.75) is 20.0 Å². The summed E-state index contributed by atoms with van der Waals surface area (Å²) in [6, 6.07) is 11.9. The lowest BCUT2D eigenvalue weighted by atomic mass is 10.1. The molecular weight excluding hydrogens is 402 g/mol. The highest BCUT2D eigenvalue weighted by atomic mass is 19.1. The maximum Gasteiger partial charge on any atom is 0.319 e. The Kier molecular flexibility index (Phi) is 8.97. The number of anilines is 1. The summed E-state index contributed by atoms with van der Waals surface area (Å²) in [6.45, 7) is 5.39. The Morgan fingerprint density at radius 2 is 1.58 bits per heavy atom. The molecule has 2 aromatic rings. The summed E-state index contributed by atoms with van der Waals surface area (Å²) >= 11 is 0. The fourth-order valence-electron chi connectivity index (χ4n) is 2.46. The standard InChI is InChI=1S/C23H24F2N4O2/c1-3-20(10-7-16(2)24)28-22(30)26-14-17-5-4-6-18(13-17)15-27-23(31)29-21-11-8-19(25)9-12-21/h3-13H,1,14-15H2,2H3,(H2,26,28,30)(H2,27,29,31)/b16-7+,20-10+. The third-order valence-electron chi connectivity index (χ3n) is 3.97. The largest absolute Gasteiger partial charge is 0.334 e. The van der Waals surface area contributed by atoms with E-state index in [1.54, 1.807) is 0 Å². The number of allylic oxidation sites excluding steroid dienone is 4. The van der Waals surface area contributed by atoms with E-state index in [1.165, 1.54) is 49.4 Å².